The molecule has 0 amide bonds. The Bertz CT molecular complexity index is 964. The molecule has 1 heterocycles. The average Bonchev–Trinajstić information content (AvgIpc) is 2.88. The van der Waals surface area contributed by atoms with E-state index in [1.54, 1.807) is 25.1 Å². The van der Waals surface area contributed by atoms with Gasteiger partial charge in [-0.3, -0.25) is 4.72 Å². The third kappa shape index (κ3) is 3.10. The van der Waals surface area contributed by atoms with E-state index in [9.17, 15) is 13.4 Å². The van der Waals surface area contributed by atoms with E-state index in [1.807, 2.05) is 0 Å². The number of hydrogen-bond acceptors (Lipinski definition) is 5. The van der Waals surface area contributed by atoms with Gasteiger partial charge in [-0.15, -0.1) is 5.92 Å². The maximum atomic E-state index is 12.7. The molecule has 122 valence electrons. The molecule has 2 aromatic rings. The van der Waals surface area contributed by atoms with Gasteiger partial charge in [-0.2, -0.15) is 0 Å². The summed E-state index contributed by atoms with van der Waals surface area (Å²) in [5.74, 6) is 5.43. The number of anilines is 2. The molecular weight excluding hydrogens is 327 g/mol. The van der Waals surface area contributed by atoms with Crippen molar-refractivity contribution in [2.75, 3.05) is 10.5 Å². The zero-order valence-corrected chi connectivity index (χ0v) is 13.7. The maximum absolute atomic E-state index is 12.7. The number of hydrogen-bond donors (Lipinski definition) is 3. The zero-order valence-electron chi connectivity index (χ0n) is 12.9. The van der Waals surface area contributed by atoms with Crippen molar-refractivity contribution in [1.82, 2.24) is 0 Å². The van der Waals surface area contributed by atoms with Gasteiger partial charge in [0.1, 0.15) is 4.90 Å². The standard InChI is InChI=1S/C16H15BN2O4S/c1-2-3-11-8-13(18)5-7-16(11)24(21,22)19-14-6-4-12-10-23-17(20)15(12)9-14/h4-9,19-20H,10,18H2,1H3. The van der Waals surface area contributed by atoms with Crippen LogP contribution in [0.1, 0.15) is 18.1 Å². The van der Waals surface area contributed by atoms with Crippen molar-refractivity contribution in [3.8, 4) is 11.8 Å². The number of nitrogen functional groups attached to an aromatic ring is 1. The fraction of sp³-hybridized carbons (Fsp3) is 0.125. The quantitative estimate of drug-likeness (QED) is 0.432. The van der Waals surface area contributed by atoms with Gasteiger partial charge in [-0.25, -0.2) is 8.42 Å². The average molecular weight is 342 g/mol. The molecule has 2 aromatic carbocycles. The van der Waals surface area contributed by atoms with Crippen LogP contribution in [0, 0.1) is 11.8 Å². The number of benzene rings is 2. The van der Waals surface area contributed by atoms with Crippen molar-refractivity contribution in [2.24, 2.45) is 0 Å². The van der Waals surface area contributed by atoms with Crippen LogP contribution in [-0.2, 0) is 21.3 Å². The van der Waals surface area contributed by atoms with E-state index in [0.717, 1.165) is 5.56 Å². The minimum atomic E-state index is -3.85. The summed E-state index contributed by atoms with van der Waals surface area (Å²) in [6.45, 7) is 1.92. The Morgan fingerprint density at radius 3 is 2.83 bits per heavy atom. The predicted molar refractivity (Wildman–Crippen MR) is 93.1 cm³/mol. The van der Waals surface area contributed by atoms with Gasteiger partial charge in [0.2, 0.25) is 0 Å². The van der Waals surface area contributed by atoms with Gasteiger partial charge in [0.25, 0.3) is 10.0 Å². The monoisotopic (exact) mass is 342 g/mol. The number of nitrogens with two attached hydrogens (primary N) is 1. The fourth-order valence-corrected chi connectivity index (χ4v) is 3.70. The van der Waals surface area contributed by atoms with E-state index in [2.05, 4.69) is 16.6 Å². The first-order valence-corrected chi connectivity index (χ1v) is 8.66. The zero-order chi connectivity index (χ0) is 17.3. The molecule has 0 spiro atoms. The van der Waals surface area contributed by atoms with E-state index >= 15 is 0 Å². The summed E-state index contributed by atoms with van der Waals surface area (Å²) in [5, 5.41) is 9.73. The van der Waals surface area contributed by atoms with Crippen LogP contribution in [0.5, 0.6) is 0 Å². The second-order valence-corrected chi connectivity index (χ2v) is 6.96. The summed E-state index contributed by atoms with van der Waals surface area (Å²) < 4.78 is 33.0. The Labute approximate surface area is 140 Å². The van der Waals surface area contributed by atoms with Gasteiger partial charge in [0.15, 0.2) is 0 Å². The molecular formula is C16H15BN2O4S. The molecule has 6 nitrogen and oxygen atoms in total. The Kier molecular flexibility index (Phi) is 4.24. The van der Waals surface area contributed by atoms with E-state index in [1.165, 1.54) is 18.2 Å². The third-order valence-corrected chi connectivity index (χ3v) is 5.05. The molecule has 0 saturated heterocycles. The first-order valence-electron chi connectivity index (χ1n) is 7.18. The maximum Gasteiger partial charge on any atom is 0.491 e. The minimum absolute atomic E-state index is 0.0448. The lowest BCUT2D eigenvalue weighted by Gasteiger charge is -2.11. The van der Waals surface area contributed by atoms with Crippen LogP contribution in [0.15, 0.2) is 41.3 Å². The lowest BCUT2D eigenvalue weighted by atomic mass is 9.79. The number of nitrogens with one attached hydrogen (secondary N) is 1. The molecule has 8 heteroatoms. The van der Waals surface area contributed by atoms with Crippen LogP contribution in [0.25, 0.3) is 0 Å². The second kappa shape index (κ2) is 6.21. The highest BCUT2D eigenvalue weighted by Crippen LogP contribution is 2.22. The van der Waals surface area contributed by atoms with Crippen molar-refractivity contribution in [3.63, 3.8) is 0 Å². The molecule has 0 fully saturated rings. The van der Waals surface area contributed by atoms with Crippen molar-refractivity contribution in [2.45, 2.75) is 18.4 Å². The molecule has 0 saturated carbocycles. The molecule has 0 bridgehead atoms. The highest BCUT2D eigenvalue weighted by molar-refractivity contribution is 7.92. The molecule has 0 radical (unpaired) electrons. The van der Waals surface area contributed by atoms with Gasteiger partial charge in [-0.1, -0.05) is 12.0 Å². The van der Waals surface area contributed by atoms with Gasteiger partial charge < -0.3 is 15.4 Å². The van der Waals surface area contributed by atoms with Crippen molar-refractivity contribution < 1.29 is 18.1 Å². The largest absolute Gasteiger partial charge is 0.491 e. The molecule has 4 N–H and O–H groups in total. The summed E-state index contributed by atoms with van der Waals surface area (Å²) in [6, 6.07) is 9.36. The van der Waals surface area contributed by atoms with E-state index in [4.69, 9.17) is 10.4 Å². The van der Waals surface area contributed by atoms with Crippen LogP contribution < -0.4 is 15.9 Å². The van der Waals surface area contributed by atoms with Crippen LogP contribution >= 0.6 is 0 Å². The minimum Gasteiger partial charge on any atom is -0.423 e. The summed E-state index contributed by atoms with van der Waals surface area (Å²) in [5.41, 5.74) is 8.19. The summed E-state index contributed by atoms with van der Waals surface area (Å²) in [7, 11) is -4.89. The fourth-order valence-electron chi connectivity index (χ4n) is 2.50. The van der Waals surface area contributed by atoms with Crippen LogP contribution in [-0.4, -0.2) is 20.6 Å². The van der Waals surface area contributed by atoms with Crippen molar-refractivity contribution in [3.05, 3.63) is 47.5 Å². The topological polar surface area (TPSA) is 102 Å². The van der Waals surface area contributed by atoms with Gasteiger partial charge in [0.05, 0.1) is 6.61 Å². The molecule has 24 heavy (non-hydrogen) atoms. The van der Waals surface area contributed by atoms with Gasteiger partial charge in [0, 0.05) is 16.9 Å². The van der Waals surface area contributed by atoms with E-state index in [-0.39, 0.29) is 4.90 Å². The summed E-state index contributed by atoms with van der Waals surface area (Å²) in [6.07, 6.45) is 0. The second-order valence-electron chi connectivity index (χ2n) is 5.31. The van der Waals surface area contributed by atoms with E-state index < -0.39 is 17.1 Å². The van der Waals surface area contributed by atoms with Crippen LogP contribution in [0.4, 0.5) is 11.4 Å². The first-order chi connectivity index (χ1) is 11.4. The normalized spacial score (nSPS) is 13.2. The van der Waals surface area contributed by atoms with Gasteiger partial charge >= 0.3 is 7.12 Å². The number of fused-ring (bicyclic) bond motifs is 1. The van der Waals surface area contributed by atoms with Crippen molar-refractivity contribution >= 4 is 34.0 Å². The van der Waals surface area contributed by atoms with Crippen LogP contribution in [0.3, 0.4) is 0 Å². The Morgan fingerprint density at radius 1 is 1.29 bits per heavy atom. The third-order valence-electron chi connectivity index (χ3n) is 3.61. The highest BCUT2D eigenvalue weighted by atomic mass is 32.2. The summed E-state index contributed by atoms with van der Waals surface area (Å²) in [4.78, 5) is 0.0448. The SMILES string of the molecule is CC#Cc1cc(N)ccc1S(=O)(=O)Nc1ccc2c(c1)B(O)OC2. The summed E-state index contributed by atoms with van der Waals surface area (Å²) >= 11 is 0. The number of sulfonamides is 1. The molecule has 0 aliphatic carbocycles. The number of rotatable bonds is 3. The van der Waals surface area contributed by atoms with Gasteiger partial charge in [-0.05, 0) is 48.3 Å². The Morgan fingerprint density at radius 2 is 2.08 bits per heavy atom. The molecule has 0 unspecified atom stereocenters. The Balaban J connectivity index is 1.98. The lowest BCUT2D eigenvalue weighted by molar-refractivity contribution is 0.275. The first kappa shape index (κ1) is 16.4. The molecule has 1 aliphatic heterocycles. The van der Waals surface area contributed by atoms with Crippen molar-refractivity contribution in [1.29, 1.82) is 0 Å². The lowest BCUT2D eigenvalue weighted by Crippen LogP contribution is -2.28. The Hall–Kier alpha value is -2.47. The molecule has 0 atom stereocenters. The smallest absolute Gasteiger partial charge is 0.423 e. The molecule has 3 rings (SSSR count). The van der Waals surface area contributed by atoms with E-state index in [0.29, 0.717) is 29.0 Å². The predicted octanol–water partition coefficient (Wildman–Crippen LogP) is 0.659. The molecule has 0 aromatic heterocycles. The van der Waals surface area contributed by atoms with Crippen LogP contribution in [0.2, 0.25) is 0 Å². The molecule has 1 aliphatic rings. The highest BCUT2D eigenvalue weighted by Gasteiger charge is 2.28.